The maximum atomic E-state index is 9.60. The van der Waals surface area contributed by atoms with E-state index in [1.165, 1.54) is 11.1 Å². The predicted molar refractivity (Wildman–Crippen MR) is 103 cm³/mol. The molecule has 2 aromatic carbocycles. The lowest BCUT2D eigenvalue weighted by Gasteiger charge is -2.14. The molecule has 0 aliphatic carbocycles. The van der Waals surface area contributed by atoms with Gasteiger partial charge in [-0.25, -0.2) is 4.98 Å². The van der Waals surface area contributed by atoms with Crippen molar-refractivity contribution in [3.8, 4) is 28.5 Å². The molecule has 2 N–H and O–H groups in total. The summed E-state index contributed by atoms with van der Waals surface area (Å²) in [5.74, 6) is 0.274. The molecular formula is C22H21N3. The van der Waals surface area contributed by atoms with Crippen LogP contribution in [-0.2, 0) is 0 Å². The fourth-order valence-corrected chi connectivity index (χ4v) is 3.16. The molecule has 1 aromatic heterocycles. The Bertz CT molecular complexity index is 1010. The number of hydrogen-bond acceptors (Lipinski definition) is 3. The van der Waals surface area contributed by atoms with Gasteiger partial charge in [0.05, 0.1) is 5.69 Å². The first-order chi connectivity index (χ1) is 11.9. The van der Waals surface area contributed by atoms with Crippen LogP contribution in [0.15, 0.2) is 42.5 Å². The number of nitrogens with two attached hydrogens (primary N) is 1. The average Bonchev–Trinajstić information content (AvgIpc) is 2.56. The SMILES string of the molecule is Cc1ccc(-c2cc(-c3cc(C)ccc3C)nc(N)c2C#N)c(C)c1. The number of anilines is 1. The molecule has 0 fully saturated rings. The second-order valence-corrected chi connectivity index (χ2v) is 6.56. The van der Waals surface area contributed by atoms with Gasteiger partial charge in [-0.15, -0.1) is 0 Å². The quantitative estimate of drug-likeness (QED) is 0.712. The van der Waals surface area contributed by atoms with Crippen molar-refractivity contribution in [3.05, 3.63) is 70.3 Å². The van der Waals surface area contributed by atoms with E-state index >= 15 is 0 Å². The molecule has 0 spiro atoms. The van der Waals surface area contributed by atoms with Crippen LogP contribution in [-0.4, -0.2) is 4.98 Å². The molecule has 0 saturated carbocycles. The van der Waals surface area contributed by atoms with Crippen LogP contribution in [0.4, 0.5) is 5.82 Å². The zero-order chi connectivity index (χ0) is 18.1. The van der Waals surface area contributed by atoms with Gasteiger partial charge in [0.15, 0.2) is 0 Å². The van der Waals surface area contributed by atoms with Gasteiger partial charge in [-0.1, -0.05) is 41.5 Å². The van der Waals surface area contributed by atoms with Gasteiger partial charge in [-0.05, 0) is 56.5 Å². The average molecular weight is 327 g/mol. The molecule has 3 nitrogen and oxygen atoms in total. The van der Waals surface area contributed by atoms with Crippen molar-refractivity contribution in [1.29, 1.82) is 5.26 Å². The molecular weight excluding hydrogens is 306 g/mol. The van der Waals surface area contributed by atoms with E-state index in [0.29, 0.717) is 5.56 Å². The summed E-state index contributed by atoms with van der Waals surface area (Å²) in [6.07, 6.45) is 0. The van der Waals surface area contributed by atoms with Crippen LogP contribution in [0.2, 0.25) is 0 Å². The number of nitrogen functional groups attached to an aromatic ring is 1. The Morgan fingerprint density at radius 3 is 2.16 bits per heavy atom. The summed E-state index contributed by atoms with van der Waals surface area (Å²) in [4.78, 5) is 4.50. The summed E-state index contributed by atoms with van der Waals surface area (Å²) in [6.45, 7) is 8.23. The lowest BCUT2D eigenvalue weighted by Crippen LogP contribution is -2.01. The fourth-order valence-electron chi connectivity index (χ4n) is 3.16. The zero-order valence-corrected chi connectivity index (χ0v) is 15.0. The first-order valence-corrected chi connectivity index (χ1v) is 8.26. The van der Waals surface area contributed by atoms with Crippen LogP contribution in [0, 0.1) is 39.0 Å². The summed E-state index contributed by atoms with van der Waals surface area (Å²) in [5.41, 5.74) is 14.9. The Morgan fingerprint density at radius 1 is 0.800 bits per heavy atom. The summed E-state index contributed by atoms with van der Waals surface area (Å²) >= 11 is 0. The molecule has 0 amide bonds. The van der Waals surface area contributed by atoms with Gasteiger partial charge < -0.3 is 5.73 Å². The van der Waals surface area contributed by atoms with Crippen molar-refractivity contribution in [3.63, 3.8) is 0 Å². The van der Waals surface area contributed by atoms with Crippen LogP contribution < -0.4 is 5.73 Å². The van der Waals surface area contributed by atoms with Gasteiger partial charge in [-0.2, -0.15) is 5.26 Å². The number of rotatable bonds is 2. The highest BCUT2D eigenvalue weighted by Gasteiger charge is 2.16. The van der Waals surface area contributed by atoms with Crippen LogP contribution >= 0.6 is 0 Å². The third-order valence-electron chi connectivity index (χ3n) is 4.50. The molecule has 25 heavy (non-hydrogen) atoms. The third-order valence-corrected chi connectivity index (χ3v) is 4.50. The Hall–Kier alpha value is -3.12. The Labute approximate surface area is 148 Å². The molecule has 0 unspecified atom stereocenters. The third kappa shape index (κ3) is 3.12. The van der Waals surface area contributed by atoms with Crippen LogP contribution in [0.3, 0.4) is 0 Å². The number of pyridine rings is 1. The minimum Gasteiger partial charge on any atom is -0.383 e. The Kier molecular flexibility index (Phi) is 4.29. The second kappa shape index (κ2) is 6.41. The predicted octanol–water partition coefficient (Wildman–Crippen LogP) is 5.10. The smallest absolute Gasteiger partial charge is 0.142 e. The fraction of sp³-hybridized carbons (Fsp3) is 0.182. The van der Waals surface area contributed by atoms with E-state index in [1.54, 1.807) is 0 Å². The largest absolute Gasteiger partial charge is 0.383 e. The lowest BCUT2D eigenvalue weighted by atomic mass is 9.93. The van der Waals surface area contributed by atoms with Gasteiger partial charge in [0.2, 0.25) is 0 Å². The molecule has 0 bridgehead atoms. The monoisotopic (exact) mass is 327 g/mol. The number of aryl methyl sites for hydroxylation is 4. The summed E-state index contributed by atoms with van der Waals surface area (Å²) in [5, 5.41) is 9.60. The Balaban J connectivity index is 2.30. The number of benzene rings is 2. The number of nitrogens with zero attached hydrogens (tertiary/aromatic N) is 2. The lowest BCUT2D eigenvalue weighted by molar-refractivity contribution is 1.28. The first-order valence-electron chi connectivity index (χ1n) is 8.26. The van der Waals surface area contributed by atoms with E-state index in [0.717, 1.165) is 33.5 Å². The summed E-state index contributed by atoms with van der Waals surface area (Å²) in [7, 11) is 0. The topological polar surface area (TPSA) is 62.7 Å². The molecule has 3 aromatic rings. The van der Waals surface area contributed by atoms with E-state index < -0.39 is 0 Å². The van der Waals surface area contributed by atoms with Gasteiger partial charge in [0.1, 0.15) is 17.5 Å². The van der Waals surface area contributed by atoms with E-state index in [1.807, 2.05) is 12.1 Å². The normalized spacial score (nSPS) is 10.5. The molecule has 1 heterocycles. The van der Waals surface area contributed by atoms with Crippen molar-refractivity contribution in [1.82, 2.24) is 4.98 Å². The number of aromatic nitrogens is 1. The van der Waals surface area contributed by atoms with E-state index in [2.05, 4.69) is 69.1 Å². The van der Waals surface area contributed by atoms with E-state index in [-0.39, 0.29) is 5.82 Å². The first kappa shape index (κ1) is 16.7. The molecule has 0 aliphatic rings. The minimum absolute atomic E-state index is 0.274. The van der Waals surface area contributed by atoms with Gasteiger partial charge in [0.25, 0.3) is 0 Å². The molecule has 3 heteroatoms. The summed E-state index contributed by atoms with van der Waals surface area (Å²) < 4.78 is 0. The molecule has 3 rings (SSSR count). The van der Waals surface area contributed by atoms with Gasteiger partial charge in [0, 0.05) is 11.1 Å². The molecule has 124 valence electrons. The standard InChI is InChI=1S/C22H21N3/c1-13-6-8-17(16(4)9-13)19-11-21(25-22(24)20(19)12-23)18-10-14(2)5-7-15(18)3/h5-11H,1-4H3,(H2,24,25). The van der Waals surface area contributed by atoms with Gasteiger partial charge in [-0.3, -0.25) is 0 Å². The highest BCUT2D eigenvalue weighted by molar-refractivity contribution is 5.82. The number of nitriles is 1. The van der Waals surface area contributed by atoms with E-state index in [4.69, 9.17) is 5.73 Å². The highest BCUT2D eigenvalue weighted by atomic mass is 14.8. The Morgan fingerprint density at radius 2 is 1.48 bits per heavy atom. The maximum absolute atomic E-state index is 9.60. The maximum Gasteiger partial charge on any atom is 0.142 e. The van der Waals surface area contributed by atoms with Crippen LogP contribution in [0.5, 0.6) is 0 Å². The number of hydrogen-bond donors (Lipinski definition) is 1. The van der Waals surface area contributed by atoms with Crippen molar-refractivity contribution in [2.24, 2.45) is 0 Å². The van der Waals surface area contributed by atoms with E-state index in [9.17, 15) is 5.26 Å². The molecule has 0 saturated heterocycles. The van der Waals surface area contributed by atoms with Crippen molar-refractivity contribution < 1.29 is 0 Å². The summed E-state index contributed by atoms with van der Waals surface area (Å²) in [6, 6.07) is 16.7. The van der Waals surface area contributed by atoms with Crippen molar-refractivity contribution in [2.75, 3.05) is 5.73 Å². The zero-order valence-electron chi connectivity index (χ0n) is 15.0. The minimum atomic E-state index is 0.274. The second-order valence-electron chi connectivity index (χ2n) is 6.56. The molecule has 0 atom stereocenters. The van der Waals surface area contributed by atoms with Crippen molar-refractivity contribution in [2.45, 2.75) is 27.7 Å². The van der Waals surface area contributed by atoms with Gasteiger partial charge >= 0.3 is 0 Å². The highest BCUT2D eigenvalue weighted by Crippen LogP contribution is 2.34. The van der Waals surface area contributed by atoms with Crippen molar-refractivity contribution >= 4 is 5.82 Å². The molecule has 0 radical (unpaired) electrons. The molecule has 0 aliphatic heterocycles. The van der Waals surface area contributed by atoms with Crippen LogP contribution in [0.1, 0.15) is 27.8 Å². The van der Waals surface area contributed by atoms with Crippen LogP contribution in [0.25, 0.3) is 22.4 Å².